The maximum absolute atomic E-state index is 12.3. The molecule has 8 nitrogen and oxygen atoms in total. The zero-order chi connectivity index (χ0) is 21.7. The van der Waals surface area contributed by atoms with Gasteiger partial charge in [-0.25, -0.2) is 9.59 Å². The molecule has 1 fully saturated rings. The number of unbranched alkanes of at least 4 members (excludes halogenated alkanes) is 1. The Kier molecular flexibility index (Phi) is 11.5. The molecule has 0 aliphatic carbocycles. The highest BCUT2D eigenvalue weighted by Crippen LogP contribution is 2.19. The Balaban J connectivity index is 2.30. The first-order valence-electron chi connectivity index (χ1n) is 10.3. The second-order valence-corrected chi connectivity index (χ2v) is 7.89. The van der Waals surface area contributed by atoms with Crippen molar-refractivity contribution in [1.29, 1.82) is 0 Å². The van der Waals surface area contributed by atoms with E-state index in [-0.39, 0.29) is 19.3 Å². The molecule has 1 aliphatic heterocycles. The predicted octanol–water partition coefficient (Wildman–Crippen LogP) is 1.85. The summed E-state index contributed by atoms with van der Waals surface area (Å²) >= 11 is 0. The lowest BCUT2D eigenvalue weighted by Crippen LogP contribution is -2.39. The highest BCUT2D eigenvalue weighted by atomic mass is 16.6. The largest absolute Gasteiger partial charge is 0.465 e. The summed E-state index contributed by atoms with van der Waals surface area (Å²) in [6.45, 7) is 7.51. The molecule has 0 aromatic heterocycles. The zero-order valence-electron chi connectivity index (χ0n) is 17.9. The van der Waals surface area contributed by atoms with Crippen molar-refractivity contribution in [3.63, 3.8) is 0 Å². The molecule has 1 heterocycles. The van der Waals surface area contributed by atoms with Crippen LogP contribution in [0, 0.1) is 5.41 Å². The average molecular weight is 414 g/mol. The lowest BCUT2D eigenvalue weighted by atomic mass is 9.93. The van der Waals surface area contributed by atoms with Gasteiger partial charge in [0.1, 0.15) is 12.0 Å². The van der Waals surface area contributed by atoms with Crippen LogP contribution in [0.3, 0.4) is 0 Å². The second-order valence-electron chi connectivity index (χ2n) is 7.89. The number of rotatable bonds is 12. The fraction of sp³-hybridized carbons (Fsp3) is 0.762. The van der Waals surface area contributed by atoms with E-state index in [2.05, 4.69) is 4.90 Å². The van der Waals surface area contributed by atoms with Crippen LogP contribution in [0.4, 0.5) is 0 Å². The molecule has 1 unspecified atom stereocenters. The van der Waals surface area contributed by atoms with Gasteiger partial charge in [0.25, 0.3) is 0 Å². The van der Waals surface area contributed by atoms with Gasteiger partial charge in [-0.3, -0.25) is 4.79 Å². The molecule has 0 bridgehead atoms. The minimum absolute atomic E-state index is 0.261. The van der Waals surface area contributed by atoms with Crippen molar-refractivity contribution in [2.75, 3.05) is 39.5 Å². The number of likely N-dealkylation sites (tertiary alicyclic amines) is 1. The fourth-order valence-corrected chi connectivity index (χ4v) is 2.81. The number of carbonyl (C=O) groups excluding carboxylic acids is 3. The Morgan fingerprint density at radius 1 is 1.03 bits per heavy atom. The molecule has 0 aromatic rings. The summed E-state index contributed by atoms with van der Waals surface area (Å²) in [6.07, 6.45) is 7.06. The van der Waals surface area contributed by atoms with Crippen molar-refractivity contribution in [3.05, 3.63) is 12.2 Å². The lowest BCUT2D eigenvalue weighted by Gasteiger charge is -2.26. The molecule has 0 spiro atoms. The molecule has 1 N–H and O–H groups in total. The molecule has 1 aliphatic rings. The Bertz CT molecular complexity index is 555. The molecule has 0 aromatic carbocycles. The van der Waals surface area contributed by atoms with Crippen molar-refractivity contribution in [2.45, 2.75) is 59.0 Å². The summed E-state index contributed by atoms with van der Waals surface area (Å²) < 4.78 is 15.1. The molecular formula is C21H35NO7. The molecule has 0 amide bonds. The minimum Gasteiger partial charge on any atom is -0.465 e. The van der Waals surface area contributed by atoms with Gasteiger partial charge in [-0.15, -0.1) is 0 Å². The van der Waals surface area contributed by atoms with Gasteiger partial charge in [0.05, 0.1) is 19.3 Å². The highest BCUT2D eigenvalue weighted by Gasteiger charge is 2.36. The Morgan fingerprint density at radius 2 is 1.69 bits per heavy atom. The second kappa shape index (κ2) is 13.3. The van der Waals surface area contributed by atoms with Crippen LogP contribution in [0.1, 0.15) is 52.9 Å². The van der Waals surface area contributed by atoms with E-state index in [1.807, 2.05) is 0 Å². The van der Waals surface area contributed by atoms with Crippen LogP contribution < -0.4 is 0 Å². The van der Waals surface area contributed by atoms with E-state index in [9.17, 15) is 19.5 Å². The molecule has 1 atom stereocenters. The number of ether oxygens (including phenoxy) is 3. The van der Waals surface area contributed by atoms with Crippen LogP contribution in [0.25, 0.3) is 0 Å². The molecule has 8 heteroatoms. The summed E-state index contributed by atoms with van der Waals surface area (Å²) in [4.78, 5) is 37.8. The highest BCUT2D eigenvalue weighted by molar-refractivity contribution is 5.91. The van der Waals surface area contributed by atoms with Crippen LogP contribution >= 0.6 is 0 Å². The summed E-state index contributed by atoms with van der Waals surface area (Å²) in [5.74, 6) is -2.08. The van der Waals surface area contributed by atoms with Crippen LogP contribution in [-0.2, 0) is 28.6 Å². The number of hydrogen-bond acceptors (Lipinski definition) is 8. The zero-order valence-corrected chi connectivity index (χ0v) is 17.9. The summed E-state index contributed by atoms with van der Waals surface area (Å²) in [5, 5.41) is 9.57. The van der Waals surface area contributed by atoms with Crippen molar-refractivity contribution in [3.8, 4) is 0 Å². The van der Waals surface area contributed by atoms with Gasteiger partial charge >= 0.3 is 17.9 Å². The van der Waals surface area contributed by atoms with E-state index in [1.165, 1.54) is 26.2 Å². The lowest BCUT2D eigenvalue weighted by molar-refractivity contribution is -0.164. The van der Waals surface area contributed by atoms with Crippen LogP contribution in [0.15, 0.2) is 12.2 Å². The first-order chi connectivity index (χ1) is 13.8. The van der Waals surface area contributed by atoms with E-state index in [4.69, 9.17) is 14.2 Å². The molecule has 0 radical (unpaired) electrons. The molecule has 1 rings (SSSR count). The van der Waals surface area contributed by atoms with E-state index in [0.29, 0.717) is 0 Å². The number of nitrogens with zero attached hydrogens (tertiary/aromatic N) is 1. The van der Waals surface area contributed by atoms with E-state index >= 15 is 0 Å². The maximum Gasteiger partial charge on any atom is 0.331 e. The van der Waals surface area contributed by atoms with Gasteiger partial charge in [-0.1, -0.05) is 6.42 Å². The van der Waals surface area contributed by atoms with Gasteiger partial charge in [0.2, 0.25) is 0 Å². The molecule has 1 saturated heterocycles. The third kappa shape index (κ3) is 10.4. The number of piperidine rings is 1. The van der Waals surface area contributed by atoms with E-state index in [0.717, 1.165) is 44.6 Å². The topological polar surface area (TPSA) is 102 Å². The summed E-state index contributed by atoms with van der Waals surface area (Å²) in [6, 6.07) is 0. The van der Waals surface area contributed by atoms with Gasteiger partial charge in [-0.05, 0) is 66.1 Å². The Morgan fingerprint density at radius 3 is 2.31 bits per heavy atom. The predicted molar refractivity (Wildman–Crippen MR) is 107 cm³/mol. The van der Waals surface area contributed by atoms with Crippen molar-refractivity contribution in [2.24, 2.45) is 5.41 Å². The van der Waals surface area contributed by atoms with Crippen molar-refractivity contribution >= 4 is 17.9 Å². The molecule has 0 saturated carbocycles. The Labute approximate surface area is 173 Å². The van der Waals surface area contributed by atoms with Crippen LogP contribution in [0.5, 0.6) is 0 Å². The number of esters is 3. The smallest absolute Gasteiger partial charge is 0.331 e. The average Bonchev–Trinajstić information content (AvgIpc) is 2.70. The first kappa shape index (κ1) is 25.1. The molecular weight excluding hydrogens is 378 g/mol. The number of aliphatic hydroxyl groups excluding tert-OH is 1. The van der Waals surface area contributed by atoms with Crippen molar-refractivity contribution < 1.29 is 33.7 Å². The summed E-state index contributed by atoms with van der Waals surface area (Å²) in [5.41, 5.74) is -1.35. The minimum atomic E-state index is -1.35. The van der Waals surface area contributed by atoms with Gasteiger partial charge in [0.15, 0.2) is 0 Å². The number of carbonyl (C=O) groups is 3. The summed E-state index contributed by atoms with van der Waals surface area (Å²) in [7, 11) is 0. The normalized spacial score (nSPS) is 17.1. The number of aliphatic hydroxyl groups is 1. The van der Waals surface area contributed by atoms with E-state index in [1.54, 1.807) is 13.8 Å². The van der Waals surface area contributed by atoms with Gasteiger partial charge in [-0.2, -0.15) is 0 Å². The van der Waals surface area contributed by atoms with Crippen LogP contribution in [-0.4, -0.2) is 73.5 Å². The molecule has 166 valence electrons. The van der Waals surface area contributed by atoms with Gasteiger partial charge < -0.3 is 24.2 Å². The third-order valence-electron chi connectivity index (χ3n) is 4.63. The number of hydrogen-bond donors (Lipinski definition) is 1. The third-order valence-corrected chi connectivity index (χ3v) is 4.63. The molecule has 29 heavy (non-hydrogen) atoms. The van der Waals surface area contributed by atoms with Crippen molar-refractivity contribution in [1.82, 2.24) is 4.90 Å². The first-order valence-corrected chi connectivity index (χ1v) is 10.3. The monoisotopic (exact) mass is 413 g/mol. The maximum atomic E-state index is 12.3. The fourth-order valence-electron chi connectivity index (χ4n) is 2.81. The quantitative estimate of drug-likeness (QED) is 0.224. The SMILES string of the molecule is CC(C)OC(=O)/C=C/C(=O)OCC(C)(CO)C(=O)OCCCCN1CCCCC1. The van der Waals surface area contributed by atoms with E-state index < -0.39 is 29.9 Å². The van der Waals surface area contributed by atoms with Crippen LogP contribution in [0.2, 0.25) is 0 Å². The Hall–Kier alpha value is -1.93. The standard InChI is InChI=1S/C21H35NO7/c1-17(2)29-19(25)10-9-18(24)28-16-21(3,15-23)20(26)27-14-8-7-13-22-11-5-4-6-12-22/h9-10,17,23H,4-8,11-16H2,1-3H3/b10-9+. The van der Waals surface area contributed by atoms with Gasteiger partial charge in [0, 0.05) is 12.2 Å².